The predicted molar refractivity (Wildman–Crippen MR) is 75.7 cm³/mol. The summed E-state index contributed by atoms with van der Waals surface area (Å²) in [5, 5.41) is 9.11. The van der Waals surface area contributed by atoms with Crippen LogP contribution in [-0.2, 0) is 4.79 Å². The number of ether oxygens (including phenoxy) is 1. The first-order chi connectivity index (χ1) is 10.5. The van der Waals surface area contributed by atoms with Crippen molar-refractivity contribution in [1.29, 1.82) is 0 Å². The molecule has 1 aromatic rings. The Morgan fingerprint density at radius 2 is 2.18 bits per heavy atom. The van der Waals surface area contributed by atoms with E-state index in [2.05, 4.69) is 4.98 Å². The number of halogens is 1. The van der Waals surface area contributed by atoms with Crippen LogP contribution in [0, 0.1) is 0 Å². The number of hydrogen-bond acceptors (Lipinski definition) is 6. The standard InChI is InChI=1S/C13H7ClN2O6/c14-9-7(21-4-8(17)18)2-1-5-3-6-11(19)15-13(20)16-12(6)22-10(5)9/h1-3H,4H2,(H,17,18)(H,15,19,20). The van der Waals surface area contributed by atoms with Gasteiger partial charge in [-0.2, -0.15) is 4.98 Å². The van der Waals surface area contributed by atoms with Crippen molar-refractivity contribution < 1.29 is 19.1 Å². The topological polar surface area (TPSA) is 122 Å². The molecule has 22 heavy (non-hydrogen) atoms. The van der Waals surface area contributed by atoms with E-state index in [1.165, 1.54) is 12.1 Å². The molecule has 0 atom stereocenters. The average molecular weight is 323 g/mol. The van der Waals surface area contributed by atoms with Crippen molar-refractivity contribution >= 4 is 28.5 Å². The van der Waals surface area contributed by atoms with E-state index < -0.39 is 23.8 Å². The van der Waals surface area contributed by atoms with Crippen LogP contribution in [0.1, 0.15) is 0 Å². The summed E-state index contributed by atoms with van der Waals surface area (Å²) < 4.78 is 10.4. The Hall–Kier alpha value is -2.87. The van der Waals surface area contributed by atoms with Crippen molar-refractivity contribution in [2.75, 3.05) is 6.61 Å². The summed E-state index contributed by atoms with van der Waals surface area (Å²) in [6, 6.07) is 4.47. The van der Waals surface area contributed by atoms with Gasteiger partial charge in [0.25, 0.3) is 5.56 Å². The quantitative estimate of drug-likeness (QED) is 0.692. The molecule has 2 heterocycles. The largest absolute Gasteiger partial charge is 0.480 e. The van der Waals surface area contributed by atoms with Gasteiger partial charge in [-0.1, -0.05) is 11.6 Å². The first-order valence-electron chi connectivity index (χ1n) is 5.96. The Morgan fingerprint density at radius 1 is 1.41 bits per heavy atom. The number of aromatic amines is 1. The molecule has 0 saturated carbocycles. The van der Waals surface area contributed by atoms with Gasteiger partial charge in [-0.05, 0) is 18.2 Å². The van der Waals surface area contributed by atoms with E-state index in [1.54, 1.807) is 6.07 Å². The average Bonchev–Trinajstić information content (AvgIpc) is 2.45. The number of benzene rings is 1. The third-order valence-corrected chi connectivity index (χ3v) is 3.20. The van der Waals surface area contributed by atoms with Crippen molar-refractivity contribution in [3.63, 3.8) is 0 Å². The predicted octanol–water partition coefficient (Wildman–Crippen LogP) is 1.10. The number of H-pyrrole nitrogens is 1. The van der Waals surface area contributed by atoms with Gasteiger partial charge in [-0.25, -0.2) is 9.59 Å². The molecule has 1 aromatic carbocycles. The number of aromatic nitrogens is 2. The molecule has 2 N–H and O–H groups in total. The van der Waals surface area contributed by atoms with E-state index in [9.17, 15) is 14.4 Å². The molecule has 0 aliphatic carbocycles. The van der Waals surface area contributed by atoms with E-state index in [0.717, 1.165) is 0 Å². The number of fused-ring (bicyclic) bond motifs is 2. The van der Waals surface area contributed by atoms with Gasteiger partial charge in [0.05, 0.1) is 0 Å². The van der Waals surface area contributed by atoms with E-state index in [-0.39, 0.29) is 27.8 Å². The van der Waals surface area contributed by atoms with Crippen molar-refractivity contribution in [2.24, 2.45) is 0 Å². The van der Waals surface area contributed by atoms with Crippen LogP contribution in [0.2, 0.25) is 5.02 Å². The lowest BCUT2D eigenvalue weighted by atomic mass is 10.1. The number of carboxylic acids is 1. The summed E-state index contributed by atoms with van der Waals surface area (Å²) in [4.78, 5) is 39.0. The smallest absolute Gasteiger partial charge is 0.351 e. The molecule has 0 amide bonds. The van der Waals surface area contributed by atoms with Crippen LogP contribution in [-0.4, -0.2) is 27.7 Å². The number of nitrogens with zero attached hydrogens (tertiary/aromatic N) is 1. The number of nitrogens with one attached hydrogen (secondary N) is 1. The normalized spacial score (nSPS) is 11.0. The molecule has 0 radical (unpaired) electrons. The molecule has 2 aliphatic rings. The third-order valence-electron chi connectivity index (χ3n) is 2.84. The SMILES string of the molecule is O=C(O)COc1ccc2cc3c(=O)[nH]c(=O)nc-3oc2c1Cl. The second kappa shape index (κ2) is 5.15. The molecule has 2 aliphatic heterocycles. The Morgan fingerprint density at radius 3 is 2.91 bits per heavy atom. The van der Waals surface area contributed by atoms with Crippen LogP contribution >= 0.6 is 11.6 Å². The van der Waals surface area contributed by atoms with Crippen LogP contribution in [0.5, 0.6) is 5.75 Å². The van der Waals surface area contributed by atoms with Crippen LogP contribution in [0.15, 0.2) is 32.2 Å². The third kappa shape index (κ3) is 2.40. The van der Waals surface area contributed by atoms with Crippen LogP contribution in [0.4, 0.5) is 0 Å². The van der Waals surface area contributed by atoms with Crippen molar-refractivity contribution in [2.45, 2.75) is 0 Å². The molecule has 0 unspecified atom stereocenters. The zero-order valence-electron chi connectivity index (χ0n) is 10.8. The van der Waals surface area contributed by atoms with Gasteiger partial charge >= 0.3 is 11.7 Å². The highest BCUT2D eigenvalue weighted by Crippen LogP contribution is 2.35. The van der Waals surface area contributed by atoms with Crippen molar-refractivity contribution in [1.82, 2.24) is 9.97 Å². The van der Waals surface area contributed by atoms with E-state index in [0.29, 0.717) is 5.39 Å². The minimum absolute atomic E-state index is 0.0233. The summed E-state index contributed by atoms with van der Waals surface area (Å²) in [5.41, 5.74) is -1.23. The molecule has 3 rings (SSSR count). The summed E-state index contributed by atoms with van der Waals surface area (Å²) in [7, 11) is 0. The second-order valence-electron chi connectivity index (χ2n) is 4.31. The number of hydrogen-bond donors (Lipinski definition) is 2. The summed E-state index contributed by atoms with van der Waals surface area (Å²) in [6.45, 7) is -0.568. The van der Waals surface area contributed by atoms with Gasteiger partial charge in [0, 0.05) is 5.39 Å². The fourth-order valence-corrected chi connectivity index (χ4v) is 2.19. The maximum atomic E-state index is 11.7. The Labute approximate surface area is 126 Å². The highest BCUT2D eigenvalue weighted by Gasteiger charge is 2.17. The van der Waals surface area contributed by atoms with Crippen molar-refractivity contribution in [3.8, 4) is 17.2 Å². The molecule has 9 heteroatoms. The molecule has 0 bridgehead atoms. The lowest BCUT2D eigenvalue weighted by molar-refractivity contribution is -0.139. The van der Waals surface area contributed by atoms with E-state index in [1.807, 2.05) is 4.98 Å². The minimum Gasteiger partial charge on any atom is -0.480 e. The van der Waals surface area contributed by atoms with Gasteiger partial charge < -0.3 is 14.3 Å². The van der Waals surface area contributed by atoms with Crippen LogP contribution in [0.3, 0.4) is 0 Å². The molecule has 0 saturated heterocycles. The highest BCUT2D eigenvalue weighted by atomic mass is 35.5. The van der Waals surface area contributed by atoms with Crippen LogP contribution < -0.4 is 16.0 Å². The summed E-state index contributed by atoms with van der Waals surface area (Å²) >= 11 is 6.10. The minimum atomic E-state index is -1.16. The zero-order chi connectivity index (χ0) is 15.9. The van der Waals surface area contributed by atoms with E-state index in [4.69, 9.17) is 25.9 Å². The fraction of sp³-hybridized carbons (Fsp3) is 0.0769. The lowest BCUT2D eigenvalue weighted by Crippen LogP contribution is -2.24. The van der Waals surface area contributed by atoms with Crippen molar-refractivity contribution in [3.05, 3.63) is 44.1 Å². The molecular weight excluding hydrogens is 316 g/mol. The lowest BCUT2D eigenvalue weighted by Gasteiger charge is -2.09. The van der Waals surface area contributed by atoms with Gasteiger partial charge in [-0.3, -0.25) is 9.78 Å². The number of carboxylic acid groups (broad SMARTS) is 1. The monoisotopic (exact) mass is 322 g/mol. The fourth-order valence-electron chi connectivity index (χ4n) is 1.92. The zero-order valence-corrected chi connectivity index (χ0v) is 11.5. The Bertz CT molecular complexity index is 976. The van der Waals surface area contributed by atoms with Crippen LogP contribution in [0.25, 0.3) is 22.4 Å². The molecule has 0 aromatic heterocycles. The number of aliphatic carboxylic acids is 1. The highest BCUT2D eigenvalue weighted by molar-refractivity contribution is 6.36. The van der Waals surface area contributed by atoms with Gasteiger partial charge in [0.2, 0.25) is 5.89 Å². The van der Waals surface area contributed by atoms with Gasteiger partial charge in [0.1, 0.15) is 16.3 Å². The summed E-state index contributed by atoms with van der Waals surface area (Å²) in [5.74, 6) is -1.22. The van der Waals surface area contributed by atoms with Gasteiger partial charge in [-0.15, -0.1) is 0 Å². The first-order valence-corrected chi connectivity index (χ1v) is 6.34. The Balaban J connectivity index is 2.24. The number of rotatable bonds is 3. The molecule has 8 nitrogen and oxygen atoms in total. The molecular formula is C13H7ClN2O6. The summed E-state index contributed by atoms with van der Waals surface area (Å²) in [6.07, 6.45) is 0. The Kier molecular flexibility index (Phi) is 3.30. The molecule has 0 fully saturated rings. The molecule has 0 spiro atoms. The van der Waals surface area contributed by atoms with Gasteiger partial charge in [0.15, 0.2) is 12.2 Å². The van der Waals surface area contributed by atoms with E-state index >= 15 is 0 Å². The maximum Gasteiger partial charge on any atom is 0.351 e. The first kappa shape index (κ1) is 14.1. The maximum absolute atomic E-state index is 11.7. The number of carbonyl (C=O) groups is 1. The second-order valence-corrected chi connectivity index (χ2v) is 4.69. The molecule has 112 valence electrons.